The van der Waals surface area contributed by atoms with E-state index in [9.17, 15) is 9.59 Å². The quantitative estimate of drug-likeness (QED) is 0.521. The van der Waals surface area contributed by atoms with Gasteiger partial charge in [-0.05, 0) is 49.6 Å². The standard InChI is InChI=1S/C21H23N7O2/c22-18-11-16(26-21(23)27-18)14-10-17(20(30)24-12-14)25-19(29)13-4-6-15(7-5-13)28-8-2-1-3-9-28/h4-7,10-12H,1-3,8-9H2,(H,24,30)(H,25,29)(H4,22,23,26,27). The molecule has 30 heavy (non-hydrogen) atoms. The van der Waals surface area contributed by atoms with E-state index in [-0.39, 0.29) is 23.4 Å². The zero-order valence-corrected chi connectivity index (χ0v) is 16.4. The van der Waals surface area contributed by atoms with Gasteiger partial charge in [-0.1, -0.05) is 0 Å². The number of anilines is 4. The predicted octanol–water partition coefficient (Wildman–Crippen LogP) is 2.24. The molecular weight excluding hydrogens is 382 g/mol. The molecule has 1 amide bonds. The highest BCUT2D eigenvalue weighted by Crippen LogP contribution is 2.22. The number of amides is 1. The van der Waals surface area contributed by atoms with Crippen molar-refractivity contribution in [2.75, 3.05) is 34.8 Å². The number of carbonyl (C=O) groups is 1. The molecule has 9 heteroatoms. The monoisotopic (exact) mass is 405 g/mol. The first-order valence-electron chi connectivity index (χ1n) is 9.79. The van der Waals surface area contributed by atoms with E-state index in [0.29, 0.717) is 16.8 Å². The molecule has 3 heterocycles. The van der Waals surface area contributed by atoms with E-state index >= 15 is 0 Å². The van der Waals surface area contributed by atoms with Gasteiger partial charge in [-0.3, -0.25) is 9.59 Å². The molecule has 0 spiro atoms. The Kier molecular flexibility index (Phi) is 5.34. The minimum atomic E-state index is -0.424. The van der Waals surface area contributed by atoms with Crippen molar-refractivity contribution in [1.29, 1.82) is 0 Å². The number of pyridine rings is 1. The molecule has 3 aromatic rings. The molecule has 0 atom stereocenters. The third-order valence-corrected chi connectivity index (χ3v) is 5.06. The van der Waals surface area contributed by atoms with Gasteiger partial charge in [0.15, 0.2) is 0 Å². The fourth-order valence-electron chi connectivity index (χ4n) is 3.53. The number of hydrogen-bond donors (Lipinski definition) is 4. The highest BCUT2D eigenvalue weighted by atomic mass is 16.2. The van der Waals surface area contributed by atoms with Crippen molar-refractivity contribution in [3.63, 3.8) is 0 Å². The number of nitrogens with zero attached hydrogens (tertiary/aromatic N) is 3. The van der Waals surface area contributed by atoms with E-state index in [2.05, 4.69) is 25.2 Å². The SMILES string of the molecule is Nc1cc(-c2c[nH]c(=O)c(NC(=O)c3ccc(N4CCCCC4)cc3)c2)nc(N)n1. The van der Waals surface area contributed by atoms with E-state index in [0.717, 1.165) is 18.8 Å². The van der Waals surface area contributed by atoms with Gasteiger partial charge >= 0.3 is 0 Å². The Morgan fingerprint density at radius 1 is 1.03 bits per heavy atom. The number of nitrogens with one attached hydrogen (secondary N) is 2. The van der Waals surface area contributed by atoms with E-state index in [1.807, 2.05) is 12.1 Å². The normalized spacial score (nSPS) is 13.8. The predicted molar refractivity (Wildman–Crippen MR) is 117 cm³/mol. The van der Waals surface area contributed by atoms with E-state index in [1.165, 1.54) is 37.6 Å². The van der Waals surface area contributed by atoms with E-state index in [1.54, 1.807) is 12.1 Å². The smallest absolute Gasteiger partial charge is 0.271 e. The Bertz CT molecular complexity index is 1100. The number of rotatable bonds is 4. The summed E-state index contributed by atoms with van der Waals surface area (Å²) in [5.74, 6) is -0.136. The van der Waals surface area contributed by atoms with Gasteiger partial charge in [0.05, 0.1) is 5.69 Å². The van der Waals surface area contributed by atoms with Gasteiger partial charge in [0, 0.05) is 42.2 Å². The van der Waals surface area contributed by atoms with Crippen LogP contribution in [0.2, 0.25) is 0 Å². The molecule has 1 aliphatic heterocycles. The Morgan fingerprint density at radius 2 is 1.77 bits per heavy atom. The first kappa shape index (κ1) is 19.4. The largest absolute Gasteiger partial charge is 0.384 e. The van der Waals surface area contributed by atoms with E-state index in [4.69, 9.17) is 11.5 Å². The van der Waals surface area contributed by atoms with Crippen molar-refractivity contribution in [1.82, 2.24) is 15.0 Å². The summed E-state index contributed by atoms with van der Waals surface area (Å²) in [5.41, 5.74) is 13.6. The van der Waals surface area contributed by atoms with Crippen LogP contribution in [-0.4, -0.2) is 33.9 Å². The van der Waals surface area contributed by atoms with Gasteiger partial charge in [0.1, 0.15) is 11.5 Å². The van der Waals surface area contributed by atoms with Gasteiger partial charge in [0.25, 0.3) is 11.5 Å². The highest BCUT2D eigenvalue weighted by molar-refractivity contribution is 6.04. The lowest BCUT2D eigenvalue weighted by Crippen LogP contribution is -2.29. The van der Waals surface area contributed by atoms with Crippen LogP contribution in [0.4, 0.5) is 23.1 Å². The average Bonchev–Trinajstić information content (AvgIpc) is 2.75. The van der Waals surface area contributed by atoms with Crippen molar-refractivity contribution < 1.29 is 4.79 Å². The van der Waals surface area contributed by atoms with Crippen molar-refractivity contribution in [2.45, 2.75) is 19.3 Å². The summed E-state index contributed by atoms with van der Waals surface area (Å²) in [7, 11) is 0. The number of benzene rings is 1. The highest BCUT2D eigenvalue weighted by Gasteiger charge is 2.14. The van der Waals surface area contributed by atoms with Gasteiger partial charge in [-0.25, -0.2) is 4.98 Å². The maximum atomic E-state index is 12.7. The average molecular weight is 405 g/mol. The van der Waals surface area contributed by atoms with Gasteiger partial charge in [0.2, 0.25) is 5.95 Å². The Morgan fingerprint density at radius 3 is 2.47 bits per heavy atom. The van der Waals surface area contributed by atoms with Crippen LogP contribution < -0.4 is 27.2 Å². The fraction of sp³-hybridized carbons (Fsp3) is 0.238. The lowest BCUT2D eigenvalue weighted by molar-refractivity contribution is 0.102. The van der Waals surface area contributed by atoms with Crippen LogP contribution in [0.1, 0.15) is 29.6 Å². The summed E-state index contributed by atoms with van der Waals surface area (Å²) >= 11 is 0. The minimum absolute atomic E-state index is 0.0237. The van der Waals surface area contributed by atoms with Crippen LogP contribution in [-0.2, 0) is 0 Å². The molecule has 1 fully saturated rings. The number of aromatic amines is 1. The maximum absolute atomic E-state index is 12.7. The molecule has 0 radical (unpaired) electrons. The van der Waals surface area contributed by atoms with Gasteiger partial charge in [-0.15, -0.1) is 0 Å². The van der Waals surface area contributed by atoms with Gasteiger partial charge in [-0.2, -0.15) is 4.98 Å². The van der Waals surface area contributed by atoms with Crippen molar-refractivity contribution >= 4 is 29.0 Å². The Labute approximate surface area is 173 Å². The van der Waals surface area contributed by atoms with Crippen LogP contribution >= 0.6 is 0 Å². The number of carbonyl (C=O) groups excluding carboxylic acids is 1. The Balaban J connectivity index is 1.53. The molecule has 0 saturated carbocycles. The van der Waals surface area contributed by atoms with Crippen molar-refractivity contribution in [3.05, 3.63) is 58.5 Å². The number of piperidine rings is 1. The molecule has 9 nitrogen and oxygen atoms in total. The summed E-state index contributed by atoms with van der Waals surface area (Å²) in [4.78, 5) is 37.7. The van der Waals surface area contributed by atoms with Crippen LogP contribution in [0.5, 0.6) is 0 Å². The summed E-state index contributed by atoms with van der Waals surface area (Å²) in [6.07, 6.45) is 5.11. The summed E-state index contributed by atoms with van der Waals surface area (Å²) in [6.45, 7) is 2.07. The molecule has 0 bridgehead atoms. The molecule has 1 saturated heterocycles. The Hall–Kier alpha value is -3.88. The second-order valence-electron chi connectivity index (χ2n) is 7.22. The summed E-state index contributed by atoms with van der Waals surface area (Å²) in [6, 6.07) is 10.5. The first-order chi connectivity index (χ1) is 14.5. The molecular formula is C21H23N7O2. The topological polar surface area (TPSA) is 143 Å². The third kappa shape index (κ3) is 4.24. The number of H-pyrrole nitrogens is 1. The third-order valence-electron chi connectivity index (χ3n) is 5.06. The molecule has 1 aliphatic rings. The summed E-state index contributed by atoms with van der Waals surface area (Å²) < 4.78 is 0. The number of nitrogen functional groups attached to an aromatic ring is 2. The van der Waals surface area contributed by atoms with Crippen LogP contribution in [0.3, 0.4) is 0 Å². The first-order valence-corrected chi connectivity index (χ1v) is 9.79. The second kappa shape index (κ2) is 8.24. The van der Waals surface area contributed by atoms with Crippen LogP contribution in [0.15, 0.2) is 47.4 Å². The number of hydrogen-bond acceptors (Lipinski definition) is 7. The second-order valence-corrected chi connectivity index (χ2v) is 7.22. The number of nitrogens with two attached hydrogens (primary N) is 2. The molecule has 0 unspecified atom stereocenters. The molecule has 0 aliphatic carbocycles. The van der Waals surface area contributed by atoms with Crippen LogP contribution in [0.25, 0.3) is 11.3 Å². The van der Waals surface area contributed by atoms with Gasteiger partial charge < -0.3 is 26.7 Å². The molecule has 1 aromatic carbocycles. The molecule has 154 valence electrons. The van der Waals surface area contributed by atoms with Crippen molar-refractivity contribution in [3.8, 4) is 11.3 Å². The fourth-order valence-corrected chi connectivity index (χ4v) is 3.53. The van der Waals surface area contributed by atoms with E-state index < -0.39 is 5.56 Å². The zero-order valence-electron chi connectivity index (χ0n) is 16.4. The number of aromatic nitrogens is 3. The van der Waals surface area contributed by atoms with Crippen LogP contribution in [0, 0.1) is 0 Å². The summed E-state index contributed by atoms with van der Waals surface area (Å²) in [5, 5.41) is 2.66. The van der Waals surface area contributed by atoms with Crippen molar-refractivity contribution in [2.24, 2.45) is 0 Å². The lowest BCUT2D eigenvalue weighted by Gasteiger charge is -2.28. The minimum Gasteiger partial charge on any atom is -0.384 e. The lowest BCUT2D eigenvalue weighted by atomic mass is 10.1. The zero-order chi connectivity index (χ0) is 21.1. The molecule has 4 rings (SSSR count). The molecule has 6 N–H and O–H groups in total. The molecule has 2 aromatic heterocycles. The maximum Gasteiger partial charge on any atom is 0.271 e.